The van der Waals surface area contributed by atoms with Crippen molar-refractivity contribution < 1.29 is 29.9 Å². The minimum absolute atomic E-state index is 0.128. The Kier molecular flexibility index (Phi) is 6.38. The van der Waals surface area contributed by atoms with Gasteiger partial charge in [-0.2, -0.15) is 0 Å². The van der Waals surface area contributed by atoms with Crippen LogP contribution < -0.4 is 19.1 Å². The first-order valence-corrected chi connectivity index (χ1v) is 23.5. The van der Waals surface area contributed by atoms with Crippen molar-refractivity contribution in [3.63, 3.8) is 0 Å². The van der Waals surface area contributed by atoms with Gasteiger partial charge in [-0.15, -0.1) is 4.57 Å². The van der Waals surface area contributed by atoms with Crippen molar-refractivity contribution in [1.29, 1.82) is 0 Å². The fourth-order valence-electron chi connectivity index (χ4n) is 10.7. The zero-order valence-electron chi connectivity index (χ0n) is 55.3. The number of hydrogen-bond donors (Lipinski definition) is 0. The Morgan fingerprint density at radius 3 is 2.07 bits per heavy atom. The minimum Gasteiger partial charge on any atom is -0.410 e. The molecule has 4 aliphatic heterocycles. The van der Waals surface area contributed by atoms with E-state index in [1.807, 2.05) is 24.3 Å². The van der Waals surface area contributed by atoms with Crippen LogP contribution in [0.4, 0.5) is 17.1 Å². The van der Waals surface area contributed by atoms with Crippen LogP contribution in [0.5, 0.6) is 5.75 Å². The number of fused-ring (bicyclic) bond motifs is 5. The highest BCUT2D eigenvalue weighted by Crippen LogP contribution is 2.68. The van der Waals surface area contributed by atoms with Crippen LogP contribution in [0.1, 0.15) is 162 Å². The van der Waals surface area contributed by atoms with Crippen LogP contribution in [0.15, 0.2) is 133 Å². The van der Waals surface area contributed by atoms with Crippen molar-refractivity contribution in [3.8, 4) is 50.4 Å². The minimum atomic E-state index is -3.84. The molecule has 5 heterocycles. The molecule has 4 aliphatic rings. The van der Waals surface area contributed by atoms with Crippen LogP contribution in [0.3, 0.4) is 0 Å². The average Bonchev–Trinajstić information content (AvgIpc) is 1.59. The highest BCUT2D eigenvalue weighted by molar-refractivity contribution is 6.03. The average molecular weight is 898 g/mol. The van der Waals surface area contributed by atoms with E-state index < -0.39 is 90.3 Å². The molecule has 1 spiro atoms. The van der Waals surface area contributed by atoms with Crippen molar-refractivity contribution in [2.45, 2.75) is 137 Å². The molecule has 6 aromatic carbocycles. The van der Waals surface area contributed by atoms with E-state index in [4.69, 9.17) is 17.1 Å². The molecule has 0 N–H and O–H groups in total. The van der Waals surface area contributed by atoms with Crippen LogP contribution in [0, 0.1) is 5.92 Å². The molecule has 0 bridgehead atoms. The Morgan fingerprint density at radius 1 is 0.642 bits per heavy atom. The van der Waals surface area contributed by atoms with Crippen molar-refractivity contribution in [1.82, 2.24) is 0 Å². The van der Waals surface area contributed by atoms with Crippen molar-refractivity contribution in [2.75, 3.05) is 9.80 Å². The van der Waals surface area contributed by atoms with E-state index in [1.165, 1.54) is 5.56 Å². The van der Waals surface area contributed by atoms with Gasteiger partial charge in [0.15, 0.2) is 6.17 Å². The number of ether oxygens (including phenoxy) is 1. The van der Waals surface area contributed by atoms with Gasteiger partial charge in [0.2, 0.25) is 5.69 Å². The van der Waals surface area contributed by atoms with Gasteiger partial charge < -0.3 is 9.64 Å². The maximum atomic E-state index is 10.5. The van der Waals surface area contributed by atoms with E-state index >= 15 is 0 Å². The lowest BCUT2D eigenvalue weighted by molar-refractivity contribution is -0.774. The molecule has 0 saturated heterocycles. The lowest BCUT2D eigenvalue weighted by Crippen LogP contribution is -2.71. The smallest absolute Gasteiger partial charge is 0.410 e. The molecule has 1 aromatic heterocycles. The molecule has 0 radical (unpaired) electrons. The summed E-state index contributed by atoms with van der Waals surface area (Å²) >= 11 is 0. The standard InChI is InChI=1S/C63H68N3O/c1-38(2)31-39-23-28-52(47(32-39)41-19-16-15-17-20-41)65-53-22-18-21-46-48-34-44(60(6,7)8)35-49-54-33-42(40-24-26-43(27-25-40)59(3,4)5)29-30-64(54)63(55(48)49)66(56(46)53)58(65)50-36-45(61(9,10)11)37-51(57(50)67-63)62(12,13)14/h15-30,32-38,58H,31H2,1-14H3/q+1/i3D3,4D3,5D3,24D,26D,27D,29D,30D,33D. The zero-order chi connectivity index (χ0) is 60.0. The molecule has 0 saturated carbocycles. The molecule has 4 heteroatoms. The first-order valence-electron chi connectivity index (χ1n) is 31.0. The maximum Gasteiger partial charge on any atom is 0.432 e. The Bertz CT molecular complexity index is 3820. The number of para-hydroxylation sites is 1. The molecule has 11 rings (SSSR count). The molecule has 67 heavy (non-hydrogen) atoms. The summed E-state index contributed by atoms with van der Waals surface area (Å²) in [5, 5.41) is 0. The number of aromatic nitrogens is 1. The second kappa shape index (κ2) is 14.4. The summed E-state index contributed by atoms with van der Waals surface area (Å²) in [7, 11) is 0. The van der Waals surface area contributed by atoms with Gasteiger partial charge in [0, 0.05) is 52.2 Å². The molecule has 340 valence electrons. The monoisotopic (exact) mass is 898 g/mol. The summed E-state index contributed by atoms with van der Waals surface area (Å²) < 4.78 is 145. The fourth-order valence-corrected chi connectivity index (χ4v) is 10.7. The molecule has 0 amide bonds. The van der Waals surface area contributed by atoms with Gasteiger partial charge in [-0.1, -0.05) is 176 Å². The van der Waals surface area contributed by atoms with Gasteiger partial charge in [0.1, 0.15) is 18.8 Å². The van der Waals surface area contributed by atoms with Crippen LogP contribution in [0.2, 0.25) is 0 Å². The van der Waals surface area contributed by atoms with E-state index in [0.717, 1.165) is 74.1 Å². The van der Waals surface area contributed by atoms with Crippen molar-refractivity contribution in [3.05, 3.63) is 172 Å². The van der Waals surface area contributed by atoms with Crippen molar-refractivity contribution in [2.24, 2.45) is 5.92 Å². The fraction of sp³-hybridized carbons (Fsp3) is 0.349. The summed E-state index contributed by atoms with van der Waals surface area (Å²) in [4.78, 5) is 4.60. The van der Waals surface area contributed by atoms with Crippen LogP contribution in [-0.2, 0) is 33.9 Å². The second-order valence-corrected chi connectivity index (χ2v) is 22.4. The molecule has 2 unspecified atom stereocenters. The molecule has 2 atom stereocenters. The predicted molar refractivity (Wildman–Crippen MR) is 280 cm³/mol. The van der Waals surface area contributed by atoms with E-state index in [1.54, 1.807) is 4.57 Å². The van der Waals surface area contributed by atoms with Gasteiger partial charge in [-0.05, 0) is 109 Å². The van der Waals surface area contributed by atoms with Gasteiger partial charge in [0.25, 0.3) is 0 Å². The summed E-state index contributed by atoms with van der Waals surface area (Å²) in [5.74, 6) is -0.883. The number of hydrogen-bond acceptors (Lipinski definition) is 3. The van der Waals surface area contributed by atoms with E-state index in [2.05, 4.69) is 153 Å². The predicted octanol–water partition coefficient (Wildman–Crippen LogP) is 16.1. The number of pyridine rings is 1. The molecule has 7 aromatic rings. The molecule has 0 aliphatic carbocycles. The number of anilines is 3. The topological polar surface area (TPSA) is 19.6 Å². The first kappa shape index (κ1) is 29.6. The van der Waals surface area contributed by atoms with Crippen LogP contribution >= 0.6 is 0 Å². The summed E-state index contributed by atoms with van der Waals surface area (Å²) in [6.07, 6.45) is -0.311. The lowest BCUT2D eigenvalue weighted by atomic mass is 9.77. The third kappa shape index (κ3) is 6.56. The maximum absolute atomic E-state index is 10.5. The highest BCUT2D eigenvalue weighted by Gasteiger charge is 2.70. The molecule has 0 fully saturated rings. The number of benzene rings is 6. The van der Waals surface area contributed by atoms with Crippen molar-refractivity contribution >= 4 is 17.1 Å². The zero-order valence-corrected chi connectivity index (χ0v) is 40.3. The van der Waals surface area contributed by atoms with Gasteiger partial charge in [-0.25, -0.2) is 4.90 Å². The Balaban J connectivity index is 1.30. The normalized spacial score (nSPS) is 21.7. The number of rotatable bonds is 5. The van der Waals surface area contributed by atoms with Crippen LogP contribution in [0.25, 0.3) is 44.6 Å². The summed E-state index contributed by atoms with van der Waals surface area (Å²) in [5.41, 5.74) is 5.27. The van der Waals surface area contributed by atoms with Gasteiger partial charge >= 0.3 is 5.85 Å². The van der Waals surface area contributed by atoms with Gasteiger partial charge in [0.05, 0.1) is 29.5 Å². The van der Waals surface area contributed by atoms with Gasteiger partial charge in [-0.3, -0.25) is 0 Å². The Morgan fingerprint density at radius 2 is 1.37 bits per heavy atom. The second-order valence-electron chi connectivity index (χ2n) is 22.4. The van der Waals surface area contributed by atoms with E-state index in [0.29, 0.717) is 22.8 Å². The Hall–Kier alpha value is -6.13. The third-order valence-electron chi connectivity index (χ3n) is 14.0. The largest absolute Gasteiger partial charge is 0.432 e. The summed E-state index contributed by atoms with van der Waals surface area (Å²) in [6.45, 7) is 12.2. The van der Waals surface area contributed by atoms with Crippen LogP contribution in [-0.4, -0.2) is 0 Å². The number of nitrogens with zero attached hydrogens (tertiary/aromatic N) is 3. The lowest BCUT2D eigenvalue weighted by Gasteiger charge is -2.49. The highest BCUT2D eigenvalue weighted by atomic mass is 16.5. The van der Waals surface area contributed by atoms with E-state index in [-0.39, 0.29) is 22.7 Å². The molecular formula is C63H68N3O+. The third-order valence-corrected chi connectivity index (χ3v) is 14.0. The molecular weight excluding hydrogens is 815 g/mol. The van der Waals surface area contributed by atoms with E-state index in [9.17, 15) is 8.22 Å². The summed E-state index contributed by atoms with van der Waals surface area (Å²) in [6, 6.07) is 28.7. The Labute approximate surface area is 421 Å². The molecule has 4 nitrogen and oxygen atoms in total. The SMILES string of the molecule is [2H]c1cc(-c2c([2H])c([2H])[n+]3c(c2[2H])-c2cc(C(C)(C)C)cc4c2C32Oc3c(cc(C(C)(C)C)cc3C(C)(C)C)C3N(c5ccc(CC(C)C)cc5-c5ccccc5)c5cccc-4c5N32)c([2H])c([2H])c1C(C([2H])([2H])[2H])(C([2H])([2H])[2H])C([2H])([2H])[2H]. The quantitative estimate of drug-likeness (QED) is 0.161. The first-order chi connectivity index (χ1) is 37.8.